The van der Waals surface area contributed by atoms with E-state index in [1.54, 1.807) is 19.2 Å². The minimum atomic E-state index is -0.120. The van der Waals surface area contributed by atoms with Gasteiger partial charge in [0.2, 0.25) is 0 Å². The maximum atomic E-state index is 12.0. The van der Waals surface area contributed by atoms with Crippen LogP contribution in [-0.4, -0.2) is 13.0 Å². The van der Waals surface area contributed by atoms with Gasteiger partial charge in [0.15, 0.2) is 0 Å². The SMILES string of the molecule is COc1cccc(C=C2C(=O)Nc3cc(Cl)ccc32)c1. The van der Waals surface area contributed by atoms with E-state index in [0.717, 1.165) is 22.6 Å². The van der Waals surface area contributed by atoms with Gasteiger partial charge >= 0.3 is 0 Å². The highest BCUT2D eigenvalue weighted by Crippen LogP contribution is 2.35. The maximum absolute atomic E-state index is 12.0. The molecule has 1 aliphatic rings. The molecule has 4 heteroatoms. The van der Waals surface area contributed by atoms with Gasteiger partial charge in [-0.2, -0.15) is 0 Å². The van der Waals surface area contributed by atoms with Gasteiger partial charge < -0.3 is 10.1 Å². The summed E-state index contributed by atoms with van der Waals surface area (Å²) in [6, 6.07) is 12.9. The minimum absolute atomic E-state index is 0.120. The number of hydrogen-bond donors (Lipinski definition) is 1. The molecule has 0 aliphatic carbocycles. The van der Waals surface area contributed by atoms with Crippen LogP contribution in [0, 0.1) is 0 Å². The van der Waals surface area contributed by atoms with Gasteiger partial charge in [0, 0.05) is 16.2 Å². The molecular weight excluding hydrogens is 274 g/mol. The predicted octanol–water partition coefficient (Wildman–Crippen LogP) is 3.84. The summed E-state index contributed by atoms with van der Waals surface area (Å²) in [4.78, 5) is 12.0. The van der Waals surface area contributed by atoms with E-state index < -0.39 is 0 Å². The van der Waals surface area contributed by atoms with Crippen molar-refractivity contribution in [2.75, 3.05) is 12.4 Å². The molecular formula is C16H12ClNO2. The molecule has 20 heavy (non-hydrogen) atoms. The zero-order valence-electron chi connectivity index (χ0n) is 10.8. The molecule has 0 spiro atoms. The van der Waals surface area contributed by atoms with Crippen LogP contribution >= 0.6 is 11.6 Å². The van der Waals surface area contributed by atoms with Crippen molar-refractivity contribution in [2.45, 2.75) is 0 Å². The molecule has 2 aromatic carbocycles. The summed E-state index contributed by atoms with van der Waals surface area (Å²) in [6.07, 6.45) is 1.84. The lowest BCUT2D eigenvalue weighted by atomic mass is 10.0. The number of anilines is 1. The monoisotopic (exact) mass is 285 g/mol. The second-order valence-corrected chi connectivity index (χ2v) is 4.92. The van der Waals surface area contributed by atoms with Crippen molar-refractivity contribution in [3.05, 3.63) is 58.6 Å². The molecule has 3 nitrogen and oxygen atoms in total. The molecule has 1 N–H and O–H groups in total. The number of methoxy groups -OCH3 is 1. The Morgan fingerprint density at radius 2 is 2.05 bits per heavy atom. The van der Waals surface area contributed by atoms with E-state index >= 15 is 0 Å². The van der Waals surface area contributed by atoms with Gasteiger partial charge in [0.1, 0.15) is 5.75 Å². The first kappa shape index (κ1) is 12.8. The fourth-order valence-corrected chi connectivity index (χ4v) is 2.38. The molecule has 1 heterocycles. The second kappa shape index (κ2) is 5.02. The first-order chi connectivity index (χ1) is 9.67. The molecule has 1 aliphatic heterocycles. The summed E-state index contributed by atoms with van der Waals surface area (Å²) < 4.78 is 5.18. The third-order valence-electron chi connectivity index (χ3n) is 3.17. The van der Waals surface area contributed by atoms with Gasteiger partial charge in [-0.3, -0.25) is 4.79 Å². The molecule has 0 fully saturated rings. The number of benzene rings is 2. The summed E-state index contributed by atoms with van der Waals surface area (Å²) in [5.74, 6) is 0.638. The zero-order chi connectivity index (χ0) is 14.1. The Morgan fingerprint density at radius 1 is 1.20 bits per heavy atom. The van der Waals surface area contributed by atoms with E-state index in [0.29, 0.717) is 10.6 Å². The molecule has 2 aromatic rings. The van der Waals surface area contributed by atoms with Crippen LogP contribution in [0.4, 0.5) is 5.69 Å². The first-order valence-corrected chi connectivity index (χ1v) is 6.52. The highest BCUT2D eigenvalue weighted by Gasteiger charge is 2.23. The zero-order valence-corrected chi connectivity index (χ0v) is 11.6. The van der Waals surface area contributed by atoms with Crippen molar-refractivity contribution >= 4 is 34.8 Å². The Bertz CT molecular complexity index is 722. The maximum Gasteiger partial charge on any atom is 0.256 e. The second-order valence-electron chi connectivity index (χ2n) is 4.48. The van der Waals surface area contributed by atoms with Crippen LogP contribution < -0.4 is 10.1 Å². The van der Waals surface area contributed by atoms with Crippen LogP contribution in [0.3, 0.4) is 0 Å². The number of carbonyl (C=O) groups is 1. The van der Waals surface area contributed by atoms with Gasteiger partial charge in [-0.05, 0) is 35.9 Å². The molecule has 0 atom stereocenters. The number of hydrogen-bond acceptors (Lipinski definition) is 2. The highest BCUT2D eigenvalue weighted by molar-refractivity contribution is 6.36. The van der Waals surface area contributed by atoms with Gasteiger partial charge in [-0.25, -0.2) is 0 Å². The molecule has 0 aromatic heterocycles. The summed E-state index contributed by atoms with van der Waals surface area (Å²) >= 11 is 5.93. The van der Waals surface area contributed by atoms with Gasteiger partial charge in [-0.1, -0.05) is 29.8 Å². The van der Waals surface area contributed by atoms with Crippen LogP contribution in [0.5, 0.6) is 5.75 Å². The summed E-state index contributed by atoms with van der Waals surface area (Å²) in [7, 11) is 1.62. The topological polar surface area (TPSA) is 38.3 Å². The third kappa shape index (κ3) is 2.28. The van der Waals surface area contributed by atoms with Crippen molar-refractivity contribution < 1.29 is 9.53 Å². The van der Waals surface area contributed by atoms with E-state index in [4.69, 9.17) is 16.3 Å². The lowest BCUT2D eigenvalue weighted by Gasteiger charge is -2.02. The van der Waals surface area contributed by atoms with Crippen LogP contribution in [0.1, 0.15) is 11.1 Å². The molecule has 100 valence electrons. The Morgan fingerprint density at radius 3 is 2.85 bits per heavy atom. The average molecular weight is 286 g/mol. The Labute approximate surface area is 121 Å². The lowest BCUT2D eigenvalue weighted by molar-refractivity contribution is -0.110. The fourth-order valence-electron chi connectivity index (χ4n) is 2.21. The molecule has 0 saturated carbocycles. The van der Waals surface area contributed by atoms with Crippen molar-refractivity contribution in [2.24, 2.45) is 0 Å². The molecule has 0 radical (unpaired) electrons. The standard InChI is InChI=1S/C16H12ClNO2/c1-20-12-4-2-3-10(7-12)8-14-13-6-5-11(17)9-15(13)18-16(14)19/h2-9H,1H3,(H,18,19). The predicted molar refractivity (Wildman–Crippen MR) is 80.9 cm³/mol. The number of carbonyl (C=O) groups excluding carboxylic acids is 1. The van der Waals surface area contributed by atoms with E-state index in [9.17, 15) is 4.79 Å². The van der Waals surface area contributed by atoms with Crippen LogP contribution in [0.15, 0.2) is 42.5 Å². The molecule has 3 rings (SSSR count). The Kier molecular flexibility index (Phi) is 3.20. The number of halogens is 1. The van der Waals surface area contributed by atoms with E-state index in [1.165, 1.54) is 0 Å². The molecule has 0 unspecified atom stereocenters. The van der Waals surface area contributed by atoms with Gasteiger partial charge in [0.05, 0.1) is 12.8 Å². The van der Waals surface area contributed by atoms with Crippen LogP contribution in [0.25, 0.3) is 11.6 Å². The summed E-state index contributed by atoms with van der Waals surface area (Å²) in [5, 5.41) is 3.42. The lowest BCUT2D eigenvalue weighted by Crippen LogP contribution is -2.03. The van der Waals surface area contributed by atoms with Crippen molar-refractivity contribution in [3.63, 3.8) is 0 Å². The van der Waals surface area contributed by atoms with E-state index in [1.807, 2.05) is 36.4 Å². The van der Waals surface area contributed by atoms with Gasteiger partial charge in [0.25, 0.3) is 5.91 Å². The first-order valence-electron chi connectivity index (χ1n) is 6.14. The van der Waals surface area contributed by atoms with Gasteiger partial charge in [-0.15, -0.1) is 0 Å². The van der Waals surface area contributed by atoms with E-state index in [2.05, 4.69) is 5.32 Å². The summed E-state index contributed by atoms with van der Waals surface area (Å²) in [6.45, 7) is 0. The minimum Gasteiger partial charge on any atom is -0.497 e. The Balaban J connectivity index is 2.06. The largest absolute Gasteiger partial charge is 0.497 e. The van der Waals surface area contributed by atoms with E-state index in [-0.39, 0.29) is 5.91 Å². The number of fused-ring (bicyclic) bond motifs is 1. The fraction of sp³-hybridized carbons (Fsp3) is 0.0625. The van der Waals surface area contributed by atoms with Crippen molar-refractivity contribution in [1.29, 1.82) is 0 Å². The van der Waals surface area contributed by atoms with Crippen molar-refractivity contribution in [3.8, 4) is 5.75 Å². The van der Waals surface area contributed by atoms with Crippen LogP contribution in [-0.2, 0) is 4.79 Å². The molecule has 0 saturated heterocycles. The quantitative estimate of drug-likeness (QED) is 0.851. The van der Waals surface area contributed by atoms with Crippen LogP contribution in [0.2, 0.25) is 5.02 Å². The average Bonchev–Trinajstić information content (AvgIpc) is 2.74. The third-order valence-corrected chi connectivity index (χ3v) is 3.40. The Hall–Kier alpha value is -2.26. The normalized spacial score (nSPS) is 15.1. The number of ether oxygens (including phenoxy) is 1. The molecule has 1 amide bonds. The smallest absolute Gasteiger partial charge is 0.256 e. The number of nitrogens with one attached hydrogen (secondary N) is 1. The highest BCUT2D eigenvalue weighted by atomic mass is 35.5. The number of rotatable bonds is 2. The molecule has 0 bridgehead atoms. The number of amides is 1. The van der Waals surface area contributed by atoms with Crippen molar-refractivity contribution in [1.82, 2.24) is 0 Å². The summed E-state index contributed by atoms with van der Waals surface area (Å²) in [5.41, 5.74) is 3.15.